The molecule has 2 heterocycles. The van der Waals surface area contributed by atoms with Crippen LogP contribution in [-0.4, -0.2) is 57.7 Å². The number of rotatable bonds is 3. The summed E-state index contributed by atoms with van der Waals surface area (Å²) in [5.41, 5.74) is 0.321. The first-order chi connectivity index (χ1) is 11.0. The van der Waals surface area contributed by atoms with Gasteiger partial charge in [-0.05, 0) is 18.2 Å². The van der Waals surface area contributed by atoms with E-state index in [2.05, 4.69) is 5.32 Å². The average Bonchev–Trinajstić information content (AvgIpc) is 2.54. The van der Waals surface area contributed by atoms with Crippen molar-refractivity contribution in [3.8, 4) is 0 Å². The highest BCUT2D eigenvalue weighted by molar-refractivity contribution is 5.80. The molecule has 0 amide bonds. The number of benzene rings is 1. The van der Waals surface area contributed by atoms with E-state index in [-0.39, 0.29) is 0 Å². The van der Waals surface area contributed by atoms with E-state index in [0.29, 0.717) is 11.3 Å². The highest BCUT2D eigenvalue weighted by Gasteiger charge is 2.43. The molecule has 0 spiro atoms. The van der Waals surface area contributed by atoms with Crippen LogP contribution >= 0.6 is 0 Å². The van der Waals surface area contributed by atoms with Crippen LogP contribution in [0.4, 0.5) is 5.69 Å². The number of aliphatic hydroxyl groups excluding tert-OH is 4. The lowest BCUT2D eigenvalue weighted by molar-refractivity contribution is -0.245. The molecule has 0 bridgehead atoms. The molecule has 8 heteroatoms. The minimum Gasteiger partial charge on any atom is -0.423 e. The fourth-order valence-corrected chi connectivity index (χ4v) is 2.60. The maximum atomic E-state index is 11.3. The second-order valence-corrected chi connectivity index (χ2v) is 5.41. The van der Waals surface area contributed by atoms with Crippen molar-refractivity contribution in [2.45, 2.75) is 30.6 Å². The van der Waals surface area contributed by atoms with Gasteiger partial charge in [0, 0.05) is 23.2 Å². The van der Waals surface area contributed by atoms with Gasteiger partial charge in [-0.1, -0.05) is 0 Å². The fraction of sp³-hybridized carbons (Fsp3) is 0.400. The first kappa shape index (κ1) is 15.9. The second kappa shape index (κ2) is 6.26. The van der Waals surface area contributed by atoms with Gasteiger partial charge >= 0.3 is 5.63 Å². The molecule has 3 rings (SSSR count). The van der Waals surface area contributed by atoms with Crippen LogP contribution < -0.4 is 10.9 Å². The van der Waals surface area contributed by atoms with E-state index in [9.17, 15) is 20.1 Å². The van der Waals surface area contributed by atoms with Crippen LogP contribution in [0.15, 0.2) is 39.5 Å². The summed E-state index contributed by atoms with van der Waals surface area (Å²) in [6.45, 7) is -0.525. The third-order valence-corrected chi connectivity index (χ3v) is 3.86. The van der Waals surface area contributed by atoms with Gasteiger partial charge < -0.3 is 34.9 Å². The Balaban J connectivity index is 1.84. The minimum absolute atomic E-state index is 0.344. The Morgan fingerprint density at radius 3 is 2.57 bits per heavy atom. The zero-order chi connectivity index (χ0) is 16.6. The van der Waals surface area contributed by atoms with Gasteiger partial charge in [0.15, 0.2) is 6.29 Å². The largest absolute Gasteiger partial charge is 0.423 e. The molecule has 0 radical (unpaired) electrons. The van der Waals surface area contributed by atoms with Crippen molar-refractivity contribution in [3.63, 3.8) is 0 Å². The number of anilines is 1. The van der Waals surface area contributed by atoms with Gasteiger partial charge in [-0.3, -0.25) is 0 Å². The maximum absolute atomic E-state index is 11.3. The van der Waals surface area contributed by atoms with Gasteiger partial charge in [0.2, 0.25) is 0 Å². The number of ether oxygens (including phenoxy) is 1. The van der Waals surface area contributed by atoms with Crippen molar-refractivity contribution >= 4 is 16.7 Å². The Labute approximate surface area is 130 Å². The highest BCUT2D eigenvalue weighted by atomic mass is 16.6. The SMILES string of the molecule is O=c1ccc2ccc(NC3C(O)OC(CO)[C@@H](O)C3O)cc2o1. The number of aliphatic hydroxyl groups is 4. The van der Waals surface area contributed by atoms with Crippen LogP contribution in [-0.2, 0) is 4.74 Å². The molecule has 1 fully saturated rings. The zero-order valence-electron chi connectivity index (χ0n) is 12.0. The number of hydrogen-bond acceptors (Lipinski definition) is 8. The van der Waals surface area contributed by atoms with Crippen LogP contribution in [0.3, 0.4) is 0 Å². The quantitative estimate of drug-likeness (QED) is 0.455. The molecular weight excluding hydrogens is 306 g/mol. The molecule has 124 valence electrons. The molecule has 2 aromatic rings. The zero-order valence-corrected chi connectivity index (χ0v) is 12.0. The van der Waals surface area contributed by atoms with E-state index >= 15 is 0 Å². The Kier molecular flexibility index (Phi) is 4.33. The summed E-state index contributed by atoms with van der Waals surface area (Å²) in [6.07, 6.45) is -5.19. The Morgan fingerprint density at radius 1 is 1.09 bits per heavy atom. The second-order valence-electron chi connectivity index (χ2n) is 5.41. The number of fused-ring (bicyclic) bond motifs is 1. The third kappa shape index (κ3) is 3.07. The van der Waals surface area contributed by atoms with Crippen molar-refractivity contribution in [1.29, 1.82) is 0 Å². The van der Waals surface area contributed by atoms with Gasteiger partial charge in [0.1, 0.15) is 29.9 Å². The van der Waals surface area contributed by atoms with Crippen LogP contribution in [0.25, 0.3) is 11.0 Å². The summed E-state index contributed by atoms with van der Waals surface area (Å²) in [7, 11) is 0. The summed E-state index contributed by atoms with van der Waals surface area (Å²) in [5.74, 6) is 0. The summed E-state index contributed by atoms with van der Waals surface area (Å²) in [4.78, 5) is 11.3. The summed E-state index contributed by atoms with van der Waals surface area (Å²) in [5, 5.41) is 42.5. The lowest BCUT2D eigenvalue weighted by atomic mass is 9.97. The summed E-state index contributed by atoms with van der Waals surface area (Å²) >= 11 is 0. The van der Waals surface area contributed by atoms with Crippen molar-refractivity contribution in [1.82, 2.24) is 0 Å². The predicted molar refractivity (Wildman–Crippen MR) is 79.9 cm³/mol. The number of nitrogens with one attached hydrogen (secondary N) is 1. The fourth-order valence-electron chi connectivity index (χ4n) is 2.60. The average molecular weight is 323 g/mol. The topological polar surface area (TPSA) is 132 Å². The van der Waals surface area contributed by atoms with Crippen molar-refractivity contribution in [3.05, 3.63) is 40.8 Å². The Bertz CT molecular complexity index is 746. The lowest BCUT2D eigenvalue weighted by Crippen LogP contribution is -2.61. The van der Waals surface area contributed by atoms with Crippen LogP contribution in [0.1, 0.15) is 0 Å². The standard InChI is InChI=1S/C15H17NO7/c17-6-10-13(19)14(20)12(15(21)23-10)16-8-3-1-7-2-4-11(18)22-9(7)5-8/h1-5,10,12-17,19-21H,6H2/t10?,12?,13-,14?,15?/m1/s1. The van der Waals surface area contributed by atoms with E-state index in [0.717, 1.165) is 5.39 Å². The van der Waals surface area contributed by atoms with E-state index in [1.165, 1.54) is 6.07 Å². The molecule has 1 aromatic carbocycles. The van der Waals surface area contributed by atoms with Crippen molar-refractivity contribution in [2.24, 2.45) is 0 Å². The van der Waals surface area contributed by atoms with Gasteiger partial charge in [-0.25, -0.2) is 4.79 Å². The molecule has 1 aliphatic heterocycles. The smallest absolute Gasteiger partial charge is 0.336 e. The monoisotopic (exact) mass is 323 g/mol. The maximum Gasteiger partial charge on any atom is 0.336 e. The van der Waals surface area contributed by atoms with Crippen molar-refractivity contribution in [2.75, 3.05) is 11.9 Å². The molecule has 1 aromatic heterocycles. The lowest BCUT2D eigenvalue weighted by Gasteiger charge is -2.40. The molecule has 4 unspecified atom stereocenters. The highest BCUT2D eigenvalue weighted by Crippen LogP contribution is 2.24. The van der Waals surface area contributed by atoms with Gasteiger partial charge in [0.05, 0.1) is 6.61 Å². The Morgan fingerprint density at radius 2 is 1.83 bits per heavy atom. The minimum atomic E-state index is -1.43. The van der Waals surface area contributed by atoms with E-state index in [1.807, 2.05) is 0 Å². The molecule has 23 heavy (non-hydrogen) atoms. The molecule has 0 aliphatic carbocycles. The van der Waals surface area contributed by atoms with Crippen LogP contribution in [0.2, 0.25) is 0 Å². The first-order valence-electron chi connectivity index (χ1n) is 7.10. The Hall–Kier alpha value is -1.97. The molecule has 5 N–H and O–H groups in total. The third-order valence-electron chi connectivity index (χ3n) is 3.86. The molecular formula is C15H17NO7. The van der Waals surface area contributed by atoms with Crippen LogP contribution in [0, 0.1) is 0 Å². The summed E-state index contributed by atoms with van der Waals surface area (Å²) < 4.78 is 10.1. The van der Waals surface area contributed by atoms with E-state index in [1.54, 1.807) is 24.3 Å². The van der Waals surface area contributed by atoms with E-state index in [4.69, 9.17) is 14.3 Å². The molecule has 8 nitrogen and oxygen atoms in total. The number of hydrogen-bond donors (Lipinski definition) is 5. The molecule has 0 saturated carbocycles. The predicted octanol–water partition coefficient (Wildman–Crippen LogP) is -0.995. The normalized spacial score (nSPS) is 31.2. The van der Waals surface area contributed by atoms with Crippen LogP contribution in [0.5, 0.6) is 0 Å². The van der Waals surface area contributed by atoms with Gasteiger partial charge in [0.25, 0.3) is 0 Å². The van der Waals surface area contributed by atoms with Gasteiger partial charge in [-0.2, -0.15) is 0 Å². The molecule has 5 atom stereocenters. The first-order valence-corrected chi connectivity index (χ1v) is 7.10. The van der Waals surface area contributed by atoms with E-state index < -0.39 is 42.9 Å². The van der Waals surface area contributed by atoms with Crippen molar-refractivity contribution < 1.29 is 29.6 Å². The molecule has 1 aliphatic rings. The van der Waals surface area contributed by atoms with Gasteiger partial charge in [-0.15, -0.1) is 0 Å². The molecule has 1 saturated heterocycles. The summed E-state index contributed by atoms with van der Waals surface area (Å²) in [6, 6.07) is 6.83.